The second kappa shape index (κ2) is 8.64. The van der Waals surface area contributed by atoms with Gasteiger partial charge >= 0.3 is 0 Å². The van der Waals surface area contributed by atoms with E-state index in [2.05, 4.69) is 26.0 Å². The summed E-state index contributed by atoms with van der Waals surface area (Å²) in [5.41, 5.74) is 4.28. The van der Waals surface area contributed by atoms with E-state index >= 15 is 0 Å². The van der Waals surface area contributed by atoms with Gasteiger partial charge < -0.3 is 4.90 Å². The van der Waals surface area contributed by atoms with Gasteiger partial charge in [0.1, 0.15) is 0 Å². The molecule has 0 N–H and O–H groups in total. The van der Waals surface area contributed by atoms with Gasteiger partial charge in [-0.05, 0) is 48.1 Å². The third kappa shape index (κ3) is 4.29. The van der Waals surface area contributed by atoms with E-state index in [0.717, 1.165) is 18.5 Å². The van der Waals surface area contributed by atoms with Crippen molar-refractivity contribution in [2.45, 2.75) is 45.4 Å². The van der Waals surface area contributed by atoms with E-state index < -0.39 is 0 Å². The van der Waals surface area contributed by atoms with Crippen LogP contribution >= 0.6 is 11.8 Å². The molecular weight excluding hydrogens is 394 g/mol. The zero-order valence-electron chi connectivity index (χ0n) is 17.7. The Kier molecular flexibility index (Phi) is 5.95. The molecule has 0 bridgehead atoms. The molecule has 2 aromatic carbocycles. The summed E-state index contributed by atoms with van der Waals surface area (Å²) >= 11 is 1.37. The van der Waals surface area contributed by atoms with Crippen molar-refractivity contribution in [1.29, 1.82) is 0 Å². The van der Waals surface area contributed by atoms with E-state index in [1.807, 2.05) is 42.2 Å². The van der Waals surface area contributed by atoms with Crippen LogP contribution in [0, 0.1) is 12.8 Å². The van der Waals surface area contributed by atoms with Crippen LogP contribution in [0.2, 0.25) is 0 Å². The minimum atomic E-state index is -0.0319. The summed E-state index contributed by atoms with van der Waals surface area (Å²) < 4.78 is 1.73. The number of hydrogen-bond donors (Lipinski definition) is 0. The van der Waals surface area contributed by atoms with Crippen LogP contribution in [0.1, 0.15) is 30.5 Å². The molecule has 1 aromatic heterocycles. The fourth-order valence-corrected chi connectivity index (χ4v) is 4.78. The molecule has 156 valence electrons. The fraction of sp³-hybridized carbons (Fsp3) is 0.375. The summed E-state index contributed by atoms with van der Waals surface area (Å²) in [6.45, 7) is 8.12. The van der Waals surface area contributed by atoms with Gasteiger partial charge in [-0.25, -0.2) is 4.98 Å². The van der Waals surface area contributed by atoms with Crippen LogP contribution in [0.4, 0.5) is 0 Å². The van der Waals surface area contributed by atoms with E-state index in [0.29, 0.717) is 35.1 Å². The van der Waals surface area contributed by atoms with Crippen molar-refractivity contribution in [3.05, 3.63) is 69.5 Å². The van der Waals surface area contributed by atoms with Gasteiger partial charge in [0.25, 0.3) is 5.56 Å². The van der Waals surface area contributed by atoms with Crippen LogP contribution in [0.25, 0.3) is 10.9 Å². The maximum Gasteiger partial charge on any atom is 0.262 e. The van der Waals surface area contributed by atoms with Gasteiger partial charge in [-0.15, -0.1) is 0 Å². The van der Waals surface area contributed by atoms with E-state index in [1.54, 1.807) is 4.57 Å². The highest BCUT2D eigenvalue weighted by atomic mass is 32.2. The molecule has 3 aromatic rings. The topological polar surface area (TPSA) is 55.2 Å². The van der Waals surface area contributed by atoms with Crippen molar-refractivity contribution in [2.24, 2.45) is 5.92 Å². The highest BCUT2D eigenvalue weighted by molar-refractivity contribution is 7.99. The third-order valence-corrected chi connectivity index (χ3v) is 6.39. The van der Waals surface area contributed by atoms with Crippen LogP contribution in [-0.4, -0.2) is 32.7 Å². The molecule has 4 rings (SSSR count). The SMILES string of the molecule is Cc1ccc2c(=O)n(CC(C)C)c(SCC(=O)N3CCc4ccccc4C3)nc2c1. The van der Waals surface area contributed by atoms with Gasteiger partial charge in [0.2, 0.25) is 5.91 Å². The number of thioether (sulfide) groups is 1. The first-order chi connectivity index (χ1) is 14.4. The van der Waals surface area contributed by atoms with Crippen molar-refractivity contribution in [3.8, 4) is 0 Å². The molecule has 0 atom stereocenters. The molecule has 0 aliphatic carbocycles. The first kappa shape index (κ1) is 20.7. The predicted octanol–water partition coefficient (Wildman–Crippen LogP) is 4.04. The number of aryl methyl sites for hydroxylation is 1. The molecule has 1 amide bonds. The molecule has 1 aliphatic rings. The van der Waals surface area contributed by atoms with Gasteiger partial charge in [0.15, 0.2) is 5.16 Å². The highest BCUT2D eigenvalue weighted by Gasteiger charge is 2.21. The lowest BCUT2D eigenvalue weighted by Gasteiger charge is -2.28. The molecule has 0 unspecified atom stereocenters. The Bertz CT molecular complexity index is 1150. The Morgan fingerprint density at radius 2 is 1.93 bits per heavy atom. The number of aromatic nitrogens is 2. The zero-order chi connectivity index (χ0) is 21.3. The normalized spacial score (nSPS) is 13.7. The van der Waals surface area contributed by atoms with E-state index in [9.17, 15) is 9.59 Å². The largest absolute Gasteiger partial charge is 0.337 e. The lowest BCUT2D eigenvalue weighted by Crippen LogP contribution is -2.37. The maximum atomic E-state index is 13.1. The number of benzene rings is 2. The van der Waals surface area contributed by atoms with E-state index in [4.69, 9.17) is 4.98 Å². The highest BCUT2D eigenvalue weighted by Crippen LogP contribution is 2.23. The van der Waals surface area contributed by atoms with Gasteiger partial charge in [-0.1, -0.05) is 55.9 Å². The van der Waals surface area contributed by atoms with Crippen molar-refractivity contribution in [3.63, 3.8) is 0 Å². The van der Waals surface area contributed by atoms with Crippen molar-refractivity contribution >= 4 is 28.6 Å². The molecule has 0 spiro atoms. The quantitative estimate of drug-likeness (QED) is 0.461. The molecule has 1 aliphatic heterocycles. The molecule has 0 radical (unpaired) electrons. The summed E-state index contributed by atoms with van der Waals surface area (Å²) in [5, 5.41) is 1.25. The molecule has 0 fully saturated rings. The summed E-state index contributed by atoms with van der Waals surface area (Å²) in [4.78, 5) is 32.7. The Balaban J connectivity index is 1.57. The monoisotopic (exact) mass is 421 g/mol. The smallest absolute Gasteiger partial charge is 0.262 e. The second-order valence-electron chi connectivity index (χ2n) is 8.35. The second-order valence-corrected chi connectivity index (χ2v) is 9.29. The third-order valence-electron chi connectivity index (χ3n) is 5.43. The number of carbonyl (C=O) groups excluding carboxylic acids is 1. The number of carbonyl (C=O) groups is 1. The average molecular weight is 422 g/mol. The summed E-state index contributed by atoms with van der Waals surface area (Å²) in [6, 6.07) is 14.0. The minimum Gasteiger partial charge on any atom is -0.337 e. The summed E-state index contributed by atoms with van der Waals surface area (Å²) in [5.74, 6) is 0.676. The predicted molar refractivity (Wildman–Crippen MR) is 122 cm³/mol. The molecule has 30 heavy (non-hydrogen) atoms. The van der Waals surface area contributed by atoms with Crippen LogP contribution in [0.15, 0.2) is 52.4 Å². The van der Waals surface area contributed by atoms with Crippen molar-refractivity contribution in [2.75, 3.05) is 12.3 Å². The van der Waals surface area contributed by atoms with Crippen molar-refractivity contribution in [1.82, 2.24) is 14.5 Å². The number of fused-ring (bicyclic) bond motifs is 2. The Morgan fingerprint density at radius 3 is 2.70 bits per heavy atom. The van der Waals surface area contributed by atoms with Gasteiger partial charge in [-0.2, -0.15) is 0 Å². The van der Waals surface area contributed by atoms with E-state index in [-0.39, 0.29) is 17.2 Å². The Morgan fingerprint density at radius 1 is 1.17 bits per heavy atom. The molecule has 0 saturated carbocycles. The van der Waals surface area contributed by atoms with Gasteiger partial charge in [0.05, 0.1) is 16.7 Å². The number of amides is 1. The molecular formula is C24H27N3O2S. The standard InChI is InChI=1S/C24H27N3O2S/c1-16(2)13-27-23(29)20-9-8-17(3)12-21(20)25-24(27)30-15-22(28)26-11-10-18-6-4-5-7-19(18)14-26/h4-9,12,16H,10-11,13-15H2,1-3H3. The fourth-order valence-electron chi connectivity index (χ4n) is 3.87. The van der Waals surface area contributed by atoms with Gasteiger partial charge in [0, 0.05) is 19.6 Å². The van der Waals surface area contributed by atoms with Crippen LogP contribution in [0.3, 0.4) is 0 Å². The number of nitrogens with zero attached hydrogens (tertiary/aromatic N) is 3. The Hall–Kier alpha value is -2.60. The first-order valence-electron chi connectivity index (χ1n) is 10.4. The molecule has 2 heterocycles. The Labute approximate surface area is 181 Å². The van der Waals surface area contributed by atoms with Crippen LogP contribution in [0.5, 0.6) is 0 Å². The summed E-state index contributed by atoms with van der Waals surface area (Å²) in [6.07, 6.45) is 0.887. The molecule has 6 heteroatoms. The number of hydrogen-bond acceptors (Lipinski definition) is 4. The van der Waals surface area contributed by atoms with Gasteiger partial charge in [-0.3, -0.25) is 14.2 Å². The minimum absolute atomic E-state index is 0.0319. The van der Waals surface area contributed by atoms with Crippen LogP contribution in [-0.2, 0) is 24.3 Å². The average Bonchev–Trinajstić information content (AvgIpc) is 2.73. The zero-order valence-corrected chi connectivity index (χ0v) is 18.5. The molecule has 5 nitrogen and oxygen atoms in total. The number of rotatable bonds is 5. The molecule has 0 saturated heterocycles. The van der Waals surface area contributed by atoms with Crippen LogP contribution < -0.4 is 5.56 Å². The lowest BCUT2D eigenvalue weighted by molar-refractivity contribution is -0.129. The first-order valence-corrected chi connectivity index (χ1v) is 11.4. The lowest BCUT2D eigenvalue weighted by atomic mass is 10.00. The van der Waals surface area contributed by atoms with Crippen molar-refractivity contribution < 1.29 is 4.79 Å². The summed E-state index contributed by atoms with van der Waals surface area (Å²) in [7, 11) is 0. The van der Waals surface area contributed by atoms with E-state index in [1.165, 1.54) is 22.9 Å². The maximum absolute atomic E-state index is 13.1.